The Balaban J connectivity index is 1.77. The van der Waals surface area contributed by atoms with E-state index in [0.29, 0.717) is 12.5 Å². The fraction of sp³-hybridized carbons (Fsp3) is 0.458. The van der Waals surface area contributed by atoms with E-state index in [-0.39, 0.29) is 0 Å². The maximum Gasteiger partial charge on any atom is 0.138 e. The molecule has 1 unspecified atom stereocenters. The van der Waals surface area contributed by atoms with E-state index in [4.69, 9.17) is 4.74 Å². The molecule has 1 N–H and O–H groups in total. The molecular formula is C24H32N2O2. The van der Waals surface area contributed by atoms with Gasteiger partial charge in [0.1, 0.15) is 17.7 Å². The molecule has 2 aromatic carbocycles. The number of hydrogen-bond donors (Lipinski definition) is 1. The van der Waals surface area contributed by atoms with Crippen molar-refractivity contribution in [2.45, 2.75) is 66.5 Å². The van der Waals surface area contributed by atoms with Crippen molar-refractivity contribution in [2.24, 2.45) is 0 Å². The molecule has 0 aliphatic carbocycles. The lowest BCUT2D eigenvalue weighted by Crippen LogP contribution is -2.10. The van der Waals surface area contributed by atoms with E-state index >= 15 is 0 Å². The van der Waals surface area contributed by atoms with Gasteiger partial charge in [0, 0.05) is 6.54 Å². The second-order valence-corrected chi connectivity index (χ2v) is 8.12. The van der Waals surface area contributed by atoms with E-state index in [1.54, 1.807) is 6.92 Å². The summed E-state index contributed by atoms with van der Waals surface area (Å²) in [6.07, 6.45) is 0.252. The predicted molar refractivity (Wildman–Crippen MR) is 115 cm³/mol. The fourth-order valence-corrected chi connectivity index (χ4v) is 3.60. The van der Waals surface area contributed by atoms with Crippen LogP contribution in [0.4, 0.5) is 0 Å². The molecule has 0 saturated heterocycles. The molecule has 1 aromatic heterocycles. The molecule has 0 fully saturated rings. The highest BCUT2D eigenvalue weighted by atomic mass is 16.5. The summed E-state index contributed by atoms with van der Waals surface area (Å²) in [5, 5.41) is 10.2. The Kier molecular flexibility index (Phi) is 6.09. The van der Waals surface area contributed by atoms with Crippen molar-refractivity contribution in [3.63, 3.8) is 0 Å². The quantitative estimate of drug-likeness (QED) is 0.542. The molecule has 150 valence electrons. The summed E-state index contributed by atoms with van der Waals surface area (Å²) in [7, 11) is 0. The first-order chi connectivity index (χ1) is 13.3. The molecule has 4 nitrogen and oxygen atoms in total. The monoisotopic (exact) mass is 380 g/mol. The Bertz CT molecular complexity index is 970. The largest absolute Gasteiger partial charge is 0.493 e. The molecule has 0 radical (unpaired) electrons. The van der Waals surface area contributed by atoms with Crippen LogP contribution in [-0.2, 0) is 6.54 Å². The van der Waals surface area contributed by atoms with Gasteiger partial charge in [-0.1, -0.05) is 26.0 Å². The van der Waals surface area contributed by atoms with E-state index < -0.39 is 6.10 Å². The third-order valence-corrected chi connectivity index (χ3v) is 5.34. The van der Waals surface area contributed by atoms with Gasteiger partial charge in [0.2, 0.25) is 0 Å². The highest BCUT2D eigenvalue weighted by Gasteiger charge is 2.16. The van der Waals surface area contributed by atoms with Gasteiger partial charge in [-0.3, -0.25) is 0 Å². The first kappa shape index (κ1) is 20.4. The zero-order valence-electron chi connectivity index (χ0n) is 17.9. The van der Waals surface area contributed by atoms with Gasteiger partial charge in [0.25, 0.3) is 0 Å². The van der Waals surface area contributed by atoms with E-state index in [1.165, 1.54) is 22.3 Å². The van der Waals surface area contributed by atoms with Crippen molar-refractivity contribution < 1.29 is 9.84 Å². The average molecular weight is 381 g/mol. The third kappa shape index (κ3) is 4.22. The molecule has 28 heavy (non-hydrogen) atoms. The number of aromatic nitrogens is 2. The SMILES string of the molecule is Cc1ccc(C(C)C)c(OCCCn2c(C(C)O)nc3cc(C)c(C)cc32)c1. The molecule has 3 rings (SSSR count). The van der Waals surface area contributed by atoms with Crippen LogP contribution in [0.3, 0.4) is 0 Å². The van der Waals surface area contributed by atoms with Gasteiger partial charge >= 0.3 is 0 Å². The number of nitrogens with zero attached hydrogens (tertiary/aromatic N) is 2. The first-order valence-electron chi connectivity index (χ1n) is 10.2. The van der Waals surface area contributed by atoms with Crippen LogP contribution < -0.4 is 4.74 Å². The zero-order valence-corrected chi connectivity index (χ0v) is 17.9. The summed E-state index contributed by atoms with van der Waals surface area (Å²) in [6, 6.07) is 10.7. The number of aliphatic hydroxyl groups excluding tert-OH is 1. The van der Waals surface area contributed by atoms with Crippen LogP contribution in [0.15, 0.2) is 30.3 Å². The summed E-state index contributed by atoms with van der Waals surface area (Å²) in [6.45, 7) is 13.8. The summed E-state index contributed by atoms with van der Waals surface area (Å²) < 4.78 is 8.27. The number of fused-ring (bicyclic) bond motifs is 1. The fourth-order valence-electron chi connectivity index (χ4n) is 3.60. The van der Waals surface area contributed by atoms with Crippen molar-refractivity contribution in [2.75, 3.05) is 6.61 Å². The highest BCUT2D eigenvalue weighted by molar-refractivity contribution is 5.78. The third-order valence-electron chi connectivity index (χ3n) is 5.34. The van der Waals surface area contributed by atoms with Crippen LogP contribution in [-0.4, -0.2) is 21.3 Å². The molecule has 0 spiro atoms. The standard InChI is InChI=1S/C24H32N2O2/c1-15(2)20-9-8-16(3)12-23(20)28-11-7-10-26-22-14-18(5)17(4)13-21(22)25-24(26)19(6)27/h8-9,12-15,19,27H,7,10-11H2,1-6H3. The van der Waals surface area contributed by atoms with E-state index in [1.807, 2.05) is 0 Å². The lowest BCUT2D eigenvalue weighted by molar-refractivity contribution is 0.183. The number of benzene rings is 2. The normalized spacial score (nSPS) is 12.7. The number of ether oxygens (including phenoxy) is 1. The minimum absolute atomic E-state index is 0.432. The van der Waals surface area contributed by atoms with Crippen LogP contribution in [0.5, 0.6) is 5.75 Å². The minimum Gasteiger partial charge on any atom is -0.493 e. The molecular weight excluding hydrogens is 348 g/mol. The van der Waals surface area contributed by atoms with Gasteiger partial charge in [-0.15, -0.1) is 0 Å². The Morgan fingerprint density at radius 1 is 1.04 bits per heavy atom. The average Bonchev–Trinajstić information content (AvgIpc) is 2.96. The summed E-state index contributed by atoms with van der Waals surface area (Å²) in [4.78, 5) is 4.67. The molecule has 0 amide bonds. The Morgan fingerprint density at radius 3 is 2.43 bits per heavy atom. The van der Waals surface area contributed by atoms with E-state index in [9.17, 15) is 5.11 Å². The lowest BCUT2D eigenvalue weighted by Gasteiger charge is -2.16. The second kappa shape index (κ2) is 8.36. The van der Waals surface area contributed by atoms with Crippen LogP contribution in [0.1, 0.15) is 67.3 Å². The van der Waals surface area contributed by atoms with Crippen molar-refractivity contribution in [3.05, 3.63) is 58.4 Å². The van der Waals surface area contributed by atoms with Crippen molar-refractivity contribution in [3.8, 4) is 5.75 Å². The number of imidazole rings is 1. The van der Waals surface area contributed by atoms with Crippen molar-refractivity contribution >= 4 is 11.0 Å². The van der Waals surface area contributed by atoms with Crippen LogP contribution in [0, 0.1) is 20.8 Å². The number of hydrogen-bond acceptors (Lipinski definition) is 3. The maximum atomic E-state index is 10.2. The smallest absolute Gasteiger partial charge is 0.138 e. The van der Waals surface area contributed by atoms with Crippen molar-refractivity contribution in [1.29, 1.82) is 0 Å². The summed E-state index contributed by atoms with van der Waals surface area (Å²) in [5.74, 6) is 2.13. The molecule has 3 aromatic rings. The summed E-state index contributed by atoms with van der Waals surface area (Å²) >= 11 is 0. The summed E-state index contributed by atoms with van der Waals surface area (Å²) in [5.41, 5.74) is 6.94. The molecule has 1 heterocycles. The molecule has 0 aliphatic rings. The van der Waals surface area contributed by atoms with Gasteiger partial charge in [0.15, 0.2) is 0 Å². The van der Waals surface area contributed by atoms with E-state index in [2.05, 4.69) is 74.5 Å². The van der Waals surface area contributed by atoms with Gasteiger partial charge in [-0.25, -0.2) is 4.98 Å². The van der Waals surface area contributed by atoms with Gasteiger partial charge in [-0.2, -0.15) is 0 Å². The van der Waals surface area contributed by atoms with Gasteiger partial charge < -0.3 is 14.4 Å². The molecule has 4 heteroatoms. The Labute approximate surface area is 168 Å². The number of rotatable bonds is 7. The predicted octanol–water partition coefficient (Wildman–Crippen LogP) is 5.61. The van der Waals surface area contributed by atoms with Gasteiger partial charge in [0.05, 0.1) is 17.6 Å². The molecule has 0 aliphatic heterocycles. The minimum atomic E-state index is -0.599. The molecule has 0 bridgehead atoms. The lowest BCUT2D eigenvalue weighted by atomic mass is 10.0. The van der Waals surface area contributed by atoms with Crippen molar-refractivity contribution in [1.82, 2.24) is 9.55 Å². The highest BCUT2D eigenvalue weighted by Crippen LogP contribution is 2.28. The Hall–Kier alpha value is -2.33. The van der Waals surface area contributed by atoms with Crippen LogP contribution in [0.25, 0.3) is 11.0 Å². The van der Waals surface area contributed by atoms with Gasteiger partial charge in [-0.05, 0) is 80.5 Å². The van der Waals surface area contributed by atoms with E-state index in [0.717, 1.165) is 35.6 Å². The van der Waals surface area contributed by atoms with Crippen LogP contribution in [0.2, 0.25) is 0 Å². The number of aryl methyl sites for hydroxylation is 4. The first-order valence-corrected chi connectivity index (χ1v) is 10.2. The zero-order chi connectivity index (χ0) is 20.4. The second-order valence-electron chi connectivity index (χ2n) is 8.12. The Morgan fingerprint density at radius 2 is 1.75 bits per heavy atom. The maximum absolute atomic E-state index is 10.2. The molecule has 1 atom stereocenters. The number of aliphatic hydroxyl groups is 1. The molecule has 0 saturated carbocycles. The van der Waals surface area contributed by atoms with Crippen LogP contribution >= 0.6 is 0 Å². The topological polar surface area (TPSA) is 47.3 Å².